The van der Waals surface area contributed by atoms with Gasteiger partial charge in [-0.3, -0.25) is 22.9 Å². The van der Waals surface area contributed by atoms with Crippen LogP contribution >= 0.6 is 38.1 Å². The number of benzene rings is 1. The predicted molar refractivity (Wildman–Crippen MR) is 169 cm³/mol. The second kappa shape index (κ2) is 13.1. The fourth-order valence-electron chi connectivity index (χ4n) is 5.17. The monoisotopic (exact) mass is 731 g/mol. The minimum atomic E-state index is -4.34. The molecule has 1 aromatic carbocycles. The van der Waals surface area contributed by atoms with Crippen LogP contribution in [0, 0.1) is 0 Å². The summed E-state index contributed by atoms with van der Waals surface area (Å²) in [6, 6.07) is 4.87. The van der Waals surface area contributed by atoms with E-state index in [0.717, 1.165) is 7.11 Å². The molecule has 0 radical (unpaired) electrons. The molecule has 8 atom stereocenters. The number of alkyl halides is 1. The number of hydrogen-bond acceptors (Lipinski definition) is 15. The van der Waals surface area contributed by atoms with E-state index in [1.165, 1.54) is 28.0 Å². The van der Waals surface area contributed by atoms with Gasteiger partial charge in [-0.25, -0.2) is 33.2 Å². The number of fused-ring (bicyclic) bond motifs is 2. The number of carbonyl (C=O) groups excluding carboxylic acids is 1. The molecule has 1 unspecified atom stereocenters. The highest BCUT2D eigenvalue weighted by Gasteiger charge is 2.51. The molecule has 1 amide bonds. The average molecular weight is 732 g/mol. The van der Waals surface area contributed by atoms with Crippen LogP contribution in [0.15, 0.2) is 43.0 Å². The van der Waals surface area contributed by atoms with Crippen molar-refractivity contribution in [2.75, 3.05) is 26.1 Å². The van der Waals surface area contributed by atoms with E-state index in [4.69, 9.17) is 39.0 Å². The summed E-state index contributed by atoms with van der Waals surface area (Å²) in [5.74, 6) is -0.599. The van der Waals surface area contributed by atoms with Crippen molar-refractivity contribution < 1.29 is 45.9 Å². The minimum Gasteiger partial charge on any atom is -0.382 e. The second-order valence-corrected chi connectivity index (χ2v) is 16.3. The van der Waals surface area contributed by atoms with Gasteiger partial charge in [0.2, 0.25) is 0 Å². The van der Waals surface area contributed by atoms with Gasteiger partial charge in [-0.15, -0.1) is 5.10 Å². The third kappa shape index (κ3) is 6.82. The fourth-order valence-corrected chi connectivity index (χ4v) is 7.28. The van der Waals surface area contributed by atoms with Gasteiger partial charge in [0.15, 0.2) is 30.1 Å². The van der Waals surface area contributed by atoms with Crippen molar-refractivity contribution in [2.45, 2.75) is 43.4 Å². The van der Waals surface area contributed by atoms with Gasteiger partial charge >= 0.3 is 13.6 Å². The molecule has 0 bridgehead atoms. The summed E-state index contributed by atoms with van der Waals surface area (Å²) in [6.07, 6.45) is -5.15. The Morgan fingerprint density at radius 3 is 2.66 bits per heavy atom. The molecule has 0 spiro atoms. The number of imidazole rings is 1. The van der Waals surface area contributed by atoms with E-state index in [0.29, 0.717) is 16.6 Å². The first-order valence-corrected chi connectivity index (χ1v) is 19.1. The molecule has 47 heavy (non-hydrogen) atoms. The first-order valence-electron chi connectivity index (χ1n) is 13.7. The smallest absolute Gasteiger partial charge is 0.382 e. The molecule has 4 aromatic rings. The molecule has 0 saturated carbocycles. The normalized spacial score (nSPS) is 27.4. The second-order valence-electron chi connectivity index (χ2n) is 10.4. The first kappa shape index (κ1) is 33.9. The van der Waals surface area contributed by atoms with Crippen molar-refractivity contribution in [1.82, 2.24) is 34.5 Å². The van der Waals surface area contributed by atoms with E-state index in [1.54, 1.807) is 12.1 Å². The summed E-state index contributed by atoms with van der Waals surface area (Å²) in [5, 5.41) is 8.17. The van der Waals surface area contributed by atoms with Crippen LogP contribution in [0.5, 0.6) is 0 Å². The van der Waals surface area contributed by atoms with Gasteiger partial charge in [0.1, 0.15) is 35.7 Å². The number of nitrogens with two attached hydrogens (primary N) is 2. The molecule has 2 aliphatic heterocycles. The number of anilines is 1. The number of nitrogens with zero attached hydrogens (tertiary/aromatic N) is 7. The Labute approximate surface area is 275 Å². The van der Waals surface area contributed by atoms with Gasteiger partial charge in [0.25, 0.3) is 5.91 Å². The zero-order valence-electron chi connectivity index (χ0n) is 24.3. The molecular weight excluding hydrogens is 703 g/mol. The molecule has 18 nitrogen and oxygen atoms in total. The third-order valence-corrected chi connectivity index (χ3v) is 10.8. The number of rotatable bonds is 12. The molecule has 2 aliphatic rings. The van der Waals surface area contributed by atoms with E-state index < -0.39 is 63.0 Å². The Morgan fingerprint density at radius 1 is 1.15 bits per heavy atom. The number of thiol groups is 2. The maximum atomic E-state index is 16.1. The highest BCUT2D eigenvalue weighted by atomic mass is 32.7. The van der Waals surface area contributed by atoms with Crippen LogP contribution in [0.3, 0.4) is 0 Å². The zero-order chi connectivity index (χ0) is 33.7. The number of nitrogen functional groups attached to an aromatic ring is 1. The number of carbonyl (C=O) groups is 1. The summed E-state index contributed by atoms with van der Waals surface area (Å²) < 4.78 is 77.5. The lowest BCUT2D eigenvalue weighted by Crippen LogP contribution is -2.33. The molecule has 2 saturated heterocycles. The Balaban J connectivity index is 1.16. The average Bonchev–Trinajstić information content (AvgIpc) is 3.80. The van der Waals surface area contributed by atoms with Gasteiger partial charge in [0, 0.05) is 13.5 Å². The molecular formula is C24H28FN9O9P2S2. The van der Waals surface area contributed by atoms with E-state index >= 15 is 4.39 Å². The highest BCUT2D eigenvalue weighted by Crippen LogP contribution is 2.58. The Morgan fingerprint density at radius 2 is 1.91 bits per heavy atom. The quantitative estimate of drug-likeness (QED) is 0.0931. The van der Waals surface area contributed by atoms with Gasteiger partial charge in [-0.1, -0.05) is 42.4 Å². The molecule has 4 N–H and O–H groups in total. The Hall–Kier alpha value is -2.97. The molecule has 6 rings (SSSR count). The fraction of sp³-hybridized carbons (Fsp3) is 0.417. The van der Waals surface area contributed by atoms with Gasteiger partial charge in [-0.05, 0) is 17.7 Å². The molecule has 2 fully saturated rings. The molecule has 3 aromatic heterocycles. The summed E-state index contributed by atoms with van der Waals surface area (Å²) in [7, 11) is 1.11. The summed E-state index contributed by atoms with van der Waals surface area (Å²) in [5.41, 5.74) is 13.2. The summed E-state index contributed by atoms with van der Waals surface area (Å²) in [6.45, 7) is -5.05. The largest absolute Gasteiger partial charge is 0.386 e. The number of hydrogen-bond donors (Lipinski definition) is 4. The predicted octanol–water partition coefficient (Wildman–Crippen LogP) is 3.17. The number of amides is 1. The Kier molecular flexibility index (Phi) is 9.49. The molecule has 252 valence electrons. The maximum Gasteiger partial charge on any atom is 0.386 e. The van der Waals surface area contributed by atoms with Crippen molar-refractivity contribution in [1.29, 1.82) is 0 Å². The number of halogens is 1. The van der Waals surface area contributed by atoms with Crippen LogP contribution in [0.4, 0.5) is 10.2 Å². The first-order chi connectivity index (χ1) is 22.3. The molecule has 0 aliphatic carbocycles. The van der Waals surface area contributed by atoms with Gasteiger partial charge < -0.3 is 25.5 Å². The van der Waals surface area contributed by atoms with Gasteiger partial charge in [0.05, 0.1) is 30.6 Å². The number of aromatic nitrogens is 7. The maximum absolute atomic E-state index is 16.1. The van der Waals surface area contributed by atoms with Crippen molar-refractivity contribution in [3.05, 3.63) is 48.6 Å². The Bertz CT molecular complexity index is 1950. The summed E-state index contributed by atoms with van der Waals surface area (Å²) in [4.78, 5) is 23.9. The summed E-state index contributed by atoms with van der Waals surface area (Å²) >= 11 is 7.89. The number of primary amides is 1. The van der Waals surface area contributed by atoms with Crippen LogP contribution in [-0.2, 0) is 36.7 Å². The lowest BCUT2D eigenvalue weighted by atomic mass is 10.1. The van der Waals surface area contributed by atoms with Crippen molar-refractivity contribution in [2.24, 2.45) is 5.73 Å². The van der Waals surface area contributed by atoms with Crippen molar-refractivity contribution in [3.63, 3.8) is 0 Å². The third-order valence-electron chi connectivity index (χ3n) is 7.46. The minimum absolute atomic E-state index is 0.0598. The SMILES string of the molecule is C=C1C[C@H](n2nnc3c(C(N)=O)cccc32)O[C@@H]1COP(=O)(S)O[C@H]1[C@@H](F)[C@H](n2cnc3c(N)ncnc32)O[C@@H]1CO[P@](=O)(S)OC. The van der Waals surface area contributed by atoms with Crippen LogP contribution in [-0.4, -0.2) is 85.2 Å². The van der Waals surface area contributed by atoms with Crippen LogP contribution in [0.2, 0.25) is 0 Å². The van der Waals surface area contributed by atoms with Crippen molar-refractivity contribution in [3.8, 4) is 0 Å². The van der Waals surface area contributed by atoms with Crippen LogP contribution in [0.25, 0.3) is 22.2 Å². The van der Waals surface area contributed by atoms with E-state index in [-0.39, 0.29) is 35.6 Å². The van der Waals surface area contributed by atoms with Crippen LogP contribution in [0.1, 0.15) is 29.2 Å². The molecule has 23 heteroatoms. The van der Waals surface area contributed by atoms with E-state index in [2.05, 4.69) is 56.3 Å². The number of ether oxygens (including phenoxy) is 2. The lowest BCUT2D eigenvalue weighted by Gasteiger charge is -2.24. The topological polar surface area (TPSA) is 233 Å². The highest BCUT2D eigenvalue weighted by molar-refractivity contribution is 8.44. The van der Waals surface area contributed by atoms with E-state index in [9.17, 15) is 13.9 Å². The lowest BCUT2D eigenvalue weighted by molar-refractivity contribution is -0.0419. The van der Waals surface area contributed by atoms with Crippen molar-refractivity contribution >= 4 is 72.0 Å². The zero-order valence-corrected chi connectivity index (χ0v) is 27.9. The van der Waals surface area contributed by atoms with E-state index in [1.807, 2.05) is 0 Å². The van der Waals surface area contributed by atoms with Gasteiger partial charge in [-0.2, -0.15) is 0 Å². The van der Waals surface area contributed by atoms with Crippen LogP contribution < -0.4 is 11.5 Å². The standard InChI is InChI=1S/C24H28FN9O9P2S2/c1-11-6-16(34-13-5-3-4-12(22(27)35)18(13)31-32-34)41-14(11)7-40-45(37,47)43-20-15(8-39-44(36,46)38-2)42-24(17(20)25)33-10-30-19-21(26)28-9-29-23(19)33/h3-5,9-10,14-17,20,24H,1,6-8H2,2H3,(H2,27,35)(H,36,46)(H,37,47)(H2,26,28,29)/t14-,15-,16-,17-,20-,24-,44-,45?/m1/s1. The molecule has 5 heterocycles.